The lowest BCUT2D eigenvalue weighted by atomic mass is 10.3. The Bertz CT molecular complexity index is 839. The highest BCUT2D eigenvalue weighted by atomic mass is 15.4. The summed E-state index contributed by atoms with van der Waals surface area (Å²) in [5, 5.41) is 4.77. The molecule has 0 saturated carbocycles. The molecule has 0 aliphatic carbocycles. The third kappa shape index (κ3) is 2.46. The number of anilines is 1. The molecular weight excluding hydrogens is 290 g/mol. The van der Waals surface area contributed by atoms with E-state index in [4.69, 9.17) is 5.10 Å². The van der Waals surface area contributed by atoms with Gasteiger partial charge in [-0.15, -0.1) is 0 Å². The SMILES string of the molecule is Cc1cc(N2CCN(C)CC2)n2nc(-c3nccn3C)cc2n1. The number of aryl methyl sites for hydroxylation is 2. The minimum absolute atomic E-state index is 0.853. The van der Waals surface area contributed by atoms with Crippen molar-refractivity contribution in [2.45, 2.75) is 6.92 Å². The van der Waals surface area contributed by atoms with Crippen molar-refractivity contribution < 1.29 is 0 Å². The van der Waals surface area contributed by atoms with Crippen LogP contribution in [0.4, 0.5) is 5.82 Å². The number of hydrogen-bond acceptors (Lipinski definition) is 5. The molecule has 3 aromatic rings. The first-order valence-electron chi connectivity index (χ1n) is 7.90. The molecular formula is C16H21N7. The van der Waals surface area contributed by atoms with E-state index in [1.54, 1.807) is 6.20 Å². The second-order valence-electron chi connectivity index (χ2n) is 6.21. The standard InChI is InChI=1S/C16H21N7/c1-12-10-15(22-8-6-20(2)7-9-22)23-14(18-12)11-13(19-23)16-17-4-5-21(16)3/h4-5,10-11H,6-9H2,1-3H3. The summed E-state index contributed by atoms with van der Waals surface area (Å²) < 4.78 is 3.92. The van der Waals surface area contributed by atoms with Gasteiger partial charge in [0, 0.05) is 63.4 Å². The van der Waals surface area contributed by atoms with Crippen molar-refractivity contribution in [3.63, 3.8) is 0 Å². The molecule has 0 unspecified atom stereocenters. The van der Waals surface area contributed by atoms with Gasteiger partial charge in [0.05, 0.1) is 0 Å². The first-order chi connectivity index (χ1) is 11.1. The average molecular weight is 311 g/mol. The molecule has 0 atom stereocenters. The van der Waals surface area contributed by atoms with E-state index in [0.717, 1.165) is 54.9 Å². The molecule has 1 saturated heterocycles. The topological polar surface area (TPSA) is 54.5 Å². The molecule has 0 bridgehead atoms. The number of hydrogen-bond donors (Lipinski definition) is 0. The Hall–Kier alpha value is -2.41. The first kappa shape index (κ1) is 14.2. The molecule has 0 aromatic carbocycles. The quantitative estimate of drug-likeness (QED) is 0.711. The summed E-state index contributed by atoms with van der Waals surface area (Å²) in [6.45, 7) is 6.18. The van der Waals surface area contributed by atoms with E-state index in [1.165, 1.54) is 0 Å². The van der Waals surface area contributed by atoms with Gasteiger partial charge in [-0.3, -0.25) is 0 Å². The number of aromatic nitrogens is 5. The summed E-state index contributed by atoms with van der Waals surface area (Å²) in [6, 6.07) is 4.13. The first-order valence-corrected chi connectivity index (χ1v) is 7.90. The lowest BCUT2D eigenvalue weighted by Gasteiger charge is -2.34. The number of piperazine rings is 1. The summed E-state index contributed by atoms with van der Waals surface area (Å²) >= 11 is 0. The van der Waals surface area contributed by atoms with Gasteiger partial charge in [0.15, 0.2) is 11.5 Å². The molecule has 7 nitrogen and oxygen atoms in total. The highest BCUT2D eigenvalue weighted by Gasteiger charge is 2.19. The Kier molecular flexibility index (Phi) is 3.30. The highest BCUT2D eigenvalue weighted by Crippen LogP contribution is 2.23. The van der Waals surface area contributed by atoms with Crippen LogP contribution in [-0.4, -0.2) is 62.3 Å². The van der Waals surface area contributed by atoms with Gasteiger partial charge in [0.25, 0.3) is 0 Å². The lowest BCUT2D eigenvalue weighted by molar-refractivity contribution is 0.311. The van der Waals surface area contributed by atoms with Gasteiger partial charge in [-0.05, 0) is 14.0 Å². The van der Waals surface area contributed by atoms with Gasteiger partial charge in [0.1, 0.15) is 11.5 Å². The molecule has 4 heterocycles. The molecule has 1 aliphatic rings. The largest absolute Gasteiger partial charge is 0.354 e. The molecule has 0 radical (unpaired) electrons. The fraction of sp³-hybridized carbons (Fsp3) is 0.438. The van der Waals surface area contributed by atoms with Crippen LogP contribution in [0.2, 0.25) is 0 Å². The third-order valence-electron chi connectivity index (χ3n) is 4.41. The number of nitrogens with zero attached hydrogens (tertiary/aromatic N) is 7. The van der Waals surface area contributed by atoms with Gasteiger partial charge in [0.2, 0.25) is 0 Å². The fourth-order valence-corrected chi connectivity index (χ4v) is 3.06. The molecule has 23 heavy (non-hydrogen) atoms. The van der Waals surface area contributed by atoms with Crippen LogP contribution in [0.5, 0.6) is 0 Å². The highest BCUT2D eigenvalue weighted by molar-refractivity contribution is 5.61. The molecule has 1 aliphatic heterocycles. The zero-order valence-corrected chi connectivity index (χ0v) is 13.8. The van der Waals surface area contributed by atoms with Gasteiger partial charge in [-0.1, -0.05) is 0 Å². The molecule has 0 spiro atoms. The second kappa shape index (κ2) is 5.34. The Labute approximate surface area is 135 Å². The van der Waals surface area contributed by atoms with E-state index in [-0.39, 0.29) is 0 Å². The van der Waals surface area contributed by atoms with Crippen molar-refractivity contribution in [2.75, 3.05) is 38.1 Å². The summed E-state index contributed by atoms with van der Waals surface area (Å²) in [5.41, 5.74) is 2.74. The summed E-state index contributed by atoms with van der Waals surface area (Å²) in [4.78, 5) is 13.8. The monoisotopic (exact) mass is 311 g/mol. The molecule has 0 N–H and O–H groups in total. The third-order valence-corrected chi connectivity index (χ3v) is 4.41. The fourth-order valence-electron chi connectivity index (χ4n) is 3.06. The zero-order valence-electron chi connectivity index (χ0n) is 13.8. The van der Waals surface area contributed by atoms with Crippen LogP contribution in [0.25, 0.3) is 17.2 Å². The van der Waals surface area contributed by atoms with Gasteiger partial charge in [-0.2, -0.15) is 9.61 Å². The Morgan fingerprint density at radius 1 is 1.04 bits per heavy atom. The molecule has 3 aromatic heterocycles. The van der Waals surface area contributed by atoms with Crippen molar-refractivity contribution >= 4 is 11.5 Å². The van der Waals surface area contributed by atoms with Crippen molar-refractivity contribution in [1.82, 2.24) is 29.0 Å². The van der Waals surface area contributed by atoms with E-state index in [2.05, 4.69) is 32.9 Å². The van der Waals surface area contributed by atoms with Crippen LogP contribution in [-0.2, 0) is 7.05 Å². The molecule has 7 heteroatoms. The summed E-state index contributed by atoms with van der Waals surface area (Å²) in [5.74, 6) is 1.97. The average Bonchev–Trinajstić information content (AvgIpc) is 3.12. The number of fused-ring (bicyclic) bond motifs is 1. The van der Waals surface area contributed by atoms with Crippen LogP contribution < -0.4 is 4.90 Å². The maximum absolute atomic E-state index is 4.77. The van der Waals surface area contributed by atoms with E-state index in [9.17, 15) is 0 Å². The predicted octanol–water partition coefficient (Wildman–Crippen LogP) is 1.19. The normalized spacial score (nSPS) is 16.4. The molecule has 1 fully saturated rings. The maximum Gasteiger partial charge on any atom is 0.160 e. The predicted molar refractivity (Wildman–Crippen MR) is 89.6 cm³/mol. The second-order valence-corrected chi connectivity index (χ2v) is 6.21. The van der Waals surface area contributed by atoms with Crippen LogP contribution in [0.1, 0.15) is 5.69 Å². The lowest BCUT2D eigenvalue weighted by Crippen LogP contribution is -2.45. The zero-order chi connectivity index (χ0) is 16.0. The number of likely N-dealkylation sites (N-methyl/N-ethyl adjacent to an activating group) is 1. The van der Waals surface area contributed by atoms with E-state index in [1.807, 2.05) is 35.3 Å². The van der Waals surface area contributed by atoms with Gasteiger partial charge >= 0.3 is 0 Å². The van der Waals surface area contributed by atoms with Crippen molar-refractivity contribution in [3.8, 4) is 11.5 Å². The Balaban J connectivity index is 1.81. The Morgan fingerprint density at radius 3 is 2.52 bits per heavy atom. The maximum atomic E-state index is 4.77. The molecule has 120 valence electrons. The van der Waals surface area contributed by atoms with Crippen LogP contribution in [0.3, 0.4) is 0 Å². The van der Waals surface area contributed by atoms with Crippen LogP contribution >= 0.6 is 0 Å². The van der Waals surface area contributed by atoms with Crippen molar-refractivity contribution in [3.05, 3.63) is 30.2 Å². The Morgan fingerprint density at radius 2 is 1.83 bits per heavy atom. The van der Waals surface area contributed by atoms with Gasteiger partial charge < -0.3 is 14.4 Å². The minimum Gasteiger partial charge on any atom is -0.354 e. The van der Waals surface area contributed by atoms with E-state index in [0.29, 0.717) is 0 Å². The van der Waals surface area contributed by atoms with Crippen LogP contribution in [0.15, 0.2) is 24.5 Å². The smallest absolute Gasteiger partial charge is 0.160 e. The van der Waals surface area contributed by atoms with E-state index >= 15 is 0 Å². The van der Waals surface area contributed by atoms with Crippen molar-refractivity contribution in [1.29, 1.82) is 0 Å². The summed E-state index contributed by atoms with van der Waals surface area (Å²) in [6.07, 6.45) is 3.72. The van der Waals surface area contributed by atoms with E-state index < -0.39 is 0 Å². The van der Waals surface area contributed by atoms with Crippen molar-refractivity contribution in [2.24, 2.45) is 7.05 Å². The molecule has 0 amide bonds. The number of rotatable bonds is 2. The van der Waals surface area contributed by atoms with Crippen LogP contribution in [0, 0.1) is 6.92 Å². The minimum atomic E-state index is 0.853. The number of imidazole rings is 1. The molecule has 4 rings (SSSR count). The van der Waals surface area contributed by atoms with Gasteiger partial charge in [-0.25, -0.2) is 9.97 Å². The summed E-state index contributed by atoms with van der Waals surface area (Å²) in [7, 11) is 4.14.